The first-order valence-electron chi connectivity index (χ1n) is 9.29. The Morgan fingerprint density at radius 1 is 1.03 bits per heavy atom. The highest BCUT2D eigenvalue weighted by atomic mass is 79.9. The van der Waals surface area contributed by atoms with Crippen LogP contribution < -0.4 is 5.32 Å². The fourth-order valence-corrected chi connectivity index (χ4v) is 3.50. The maximum absolute atomic E-state index is 12.9. The van der Waals surface area contributed by atoms with Crippen molar-refractivity contribution in [3.05, 3.63) is 93.2 Å². The molecule has 1 heterocycles. The van der Waals surface area contributed by atoms with Gasteiger partial charge >= 0.3 is 0 Å². The fourth-order valence-electron chi connectivity index (χ4n) is 3.05. The molecule has 0 spiro atoms. The molecule has 0 aliphatic rings. The van der Waals surface area contributed by atoms with Crippen molar-refractivity contribution in [2.75, 3.05) is 5.32 Å². The van der Waals surface area contributed by atoms with Crippen LogP contribution >= 0.6 is 27.5 Å². The van der Waals surface area contributed by atoms with Gasteiger partial charge < -0.3 is 5.32 Å². The van der Waals surface area contributed by atoms with Crippen LogP contribution in [0.5, 0.6) is 0 Å². The van der Waals surface area contributed by atoms with E-state index in [0.717, 1.165) is 26.9 Å². The van der Waals surface area contributed by atoms with Gasteiger partial charge in [-0.2, -0.15) is 0 Å². The second kappa shape index (κ2) is 8.42. The van der Waals surface area contributed by atoms with E-state index in [4.69, 9.17) is 11.6 Å². The smallest absolute Gasteiger partial charge is 0.295 e. The molecule has 30 heavy (non-hydrogen) atoms. The number of para-hydroxylation sites is 1. The van der Waals surface area contributed by atoms with E-state index in [0.29, 0.717) is 16.5 Å². The molecule has 150 valence electrons. The summed E-state index contributed by atoms with van der Waals surface area (Å²) in [5.74, 6) is 0.222. The molecule has 0 atom stereocenters. The summed E-state index contributed by atoms with van der Waals surface area (Å²) in [6, 6.07) is 20.9. The lowest BCUT2D eigenvalue weighted by atomic mass is 10.1. The predicted molar refractivity (Wildman–Crippen MR) is 123 cm³/mol. The minimum absolute atomic E-state index is 0.0637. The van der Waals surface area contributed by atoms with Crippen LogP contribution in [-0.4, -0.2) is 20.7 Å². The van der Waals surface area contributed by atoms with Gasteiger partial charge in [0.15, 0.2) is 5.82 Å². The van der Waals surface area contributed by atoms with Gasteiger partial charge in [-0.05, 0) is 55.3 Å². The monoisotopic (exact) mass is 480 g/mol. The van der Waals surface area contributed by atoms with E-state index < -0.39 is 5.91 Å². The van der Waals surface area contributed by atoms with Crippen LogP contribution in [0.3, 0.4) is 0 Å². The van der Waals surface area contributed by atoms with E-state index in [2.05, 4.69) is 31.3 Å². The van der Waals surface area contributed by atoms with Gasteiger partial charge in [0.25, 0.3) is 5.91 Å². The molecule has 0 bridgehead atoms. The molecule has 0 radical (unpaired) electrons. The number of amides is 1. The lowest BCUT2D eigenvalue weighted by Gasteiger charge is -2.10. The molecule has 0 aliphatic carbocycles. The summed E-state index contributed by atoms with van der Waals surface area (Å²) >= 11 is 9.63. The van der Waals surface area contributed by atoms with Crippen molar-refractivity contribution in [2.24, 2.45) is 0 Å². The first kappa shape index (κ1) is 20.3. The molecule has 1 N–H and O–H groups in total. The van der Waals surface area contributed by atoms with E-state index in [9.17, 15) is 4.79 Å². The Morgan fingerprint density at radius 3 is 2.50 bits per heavy atom. The second-order valence-electron chi connectivity index (χ2n) is 6.90. The molecule has 5 nitrogen and oxygen atoms in total. The molecule has 4 rings (SSSR count). The fraction of sp³-hybridized carbons (Fsp3) is 0.0870. The Kier molecular flexibility index (Phi) is 5.70. The largest absolute Gasteiger partial charge is 0.318 e. The number of nitrogens with one attached hydrogen (secondary N) is 1. The molecule has 0 saturated heterocycles. The number of aromatic nitrogens is 3. The quantitative estimate of drug-likeness (QED) is 0.376. The van der Waals surface area contributed by atoms with Crippen molar-refractivity contribution in [1.82, 2.24) is 14.8 Å². The minimum atomic E-state index is -0.425. The topological polar surface area (TPSA) is 59.8 Å². The zero-order valence-electron chi connectivity index (χ0n) is 16.4. The van der Waals surface area contributed by atoms with Crippen molar-refractivity contribution >= 4 is 39.1 Å². The summed E-state index contributed by atoms with van der Waals surface area (Å²) in [7, 11) is 0. The van der Waals surface area contributed by atoms with Gasteiger partial charge in [0.05, 0.1) is 16.4 Å². The van der Waals surface area contributed by atoms with Gasteiger partial charge in [-0.3, -0.25) is 4.79 Å². The molecular weight excluding hydrogens is 464 g/mol. The maximum atomic E-state index is 12.9. The molecule has 3 aromatic carbocycles. The van der Waals surface area contributed by atoms with E-state index in [1.807, 2.05) is 56.3 Å². The summed E-state index contributed by atoms with van der Waals surface area (Å²) < 4.78 is 2.67. The number of hydrogen-bond donors (Lipinski definition) is 1. The molecule has 1 amide bonds. The van der Waals surface area contributed by atoms with Crippen molar-refractivity contribution in [3.8, 4) is 17.1 Å². The summed E-state index contributed by atoms with van der Waals surface area (Å²) in [6.07, 6.45) is 0. The lowest BCUT2D eigenvalue weighted by Crippen LogP contribution is -2.14. The number of hydrogen-bond acceptors (Lipinski definition) is 3. The number of halogens is 2. The van der Waals surface area contributed by atoms with Crippen molar-refractivity contribution in [1.29, 1.82) is 0 Å². The standard InChI is InChI=1S/C23H18BrClN4O/c1-14-7-8-15(2)20(13-14)29-22(16-9-11-17(24)12-10-16)27-21(28-29)23(30)26-19-6-4-3-5-18(19)25/h3-13H,1-2H3,(H,26,30). The Hall–Kier alpha value is -2.96. The van der Waals surface area contributed by atoms with E-state index in [-0.39, 0.29) is 5.82 Å². The third kappa shape index (κ3) is 4.15. The summed E-state index contributed by atoms with van der Waals surface area (Å²) in [5, 5.41) is 7.79. The van der Waals surface area contributed by atoms with Crippen LogP contribution in [-0.2, 0) is 0 Å². The number of nitrogens with zero attached hydrogens (tertiary/aromatic N) is 3. The molecule has 0 fully saturated rings. The molecule has 1 aromatic heterocycles. The SMILES string of the molecule is Cc1ccc(C)c(-n2nc(C(=O)Nc3ccccc3Cl)nc2-c2ccc(Br)cc2)c1. The first-order valence-corrected chi connectivity index (χ1v) is 10.5. The number of carbonyl (C=O) groups is 1. The molecule has 4 aromatic rings. The molecule has 7 heteroatoms. The van der Waals surface area contributed by atoms with E-state index in [1.54, 1.807) is 28.9 Å². The Bertz CT molecular complexity index is 1230. The lowest BCUT2D eigenvalue weighted by molar-refractivity contribution is 0.101. The summed E-state index contributed by atoms with van der Waals surface area (Å²) in [4.78, 5) is 17.4. The van der Waals surface area contributed by atoms with Gasteiger partial charge in [-0.15, -0.1) is 5.10 Å². The maximum Gasteiger partial charge on any atom is 0.295 e. The number of carbonyl (C=O) groups excluding carboxylic acids is 1. The van der Waals surface area contributed by atoms with Crippen molar-refractivity contribution in [3.63, 3.8) is 0 Å². The second-order valence-corrected chi connectivity index (χ2v) is 8.22. The van der Waals surface area contributed by atoms with Gasteiger partial charge in [-0.1, -0.05) is 63.9 Å². The predicted octanol–water partition coefficient (Wildman–Crippen LogP) is 6.22. The molecular formula is C23H18BrClN4O. The molecule has 0 saturated carbocycles. The Morgan fingerprint density at radius 2 is 1.77 bits per heavy atom. The first-order chi connectivity index (χ1) is 14.4. The average molecular weight is 482 g/mol. The van der Waals surface area contributed by atoms with Gasteiger partial charge in [0.1, 0.15) is 0 Å². The van der Waals surface area contributed by atoms with E-state index in [1.165, 1.54) is 0 Å². The number of anilines is 1. The molecule has 0 unspecified atom stereocenters. The Labute approximate surface area is 187 Å². The summed E-state index contributed by atoms with van der Waals surface area (Å²) in [5.41, 5.74) is 4.36. The van der Waals surface area contributed by atoms with Crippen LogP contribution in [0.15, 0.2) is 71.2 Å². The van der Waals surface area contributed by atoms with Gasteiger partial charge in [-0.25, -0.2) is 9.67 Å². The Balaban J connectivity index is 1.81. The number of aryl methyl sites for hydroxylation is 2. The zero-order chi connectivity index (χ0) is 21.3. The van der Waals surface area contributed by atoms with E-state index >= 15 is 0 Å². The number of rotatable bonds is 4. The van der Waals surface area contributed by atoms with Crippen LogP contribution in [0.4, 0.5) is 5.69 Å². The summed E-state index contributed by atoms with van der Waals surface area (Å²) in [6.45, 7) is 4.02. The average Bonchev–Trinajstić information content (AvgIpc) is 3.17. The van der Waals surface area contributed by atoms with Crippen LogP contribution in [0, 0.1) is 13.8 Å². The van der Waals surface area contributed by atoms with Crippen molar-refractivity contribution < 1.29 is 4.79 Å². The van der Waals surface area contributed by atoms with Crippen LogP contribution in [0.25, 0.3) is 17.1 Å². The van der Waals surface area contributed by atoms with Gasteiger partial charge in [0.2, 0.25) is 5.82 Å². The van der Waals surface area contributed by atoms with Gasteiger partial charge in [0, 0.05) is 10.0 Å². The molecule has 0 aliphatic heterocycles. The highest BCUT2D eigenvalue weighted by Crippen LogP contribution is 2.26. The normalized spacial score (nSPS) is 10.8. The third-order valence-corrected chi connectivity index (χ3v) is 5.49. The van der Waals surface area contributed by atoms with Crippen molar-refractivity contribution in [2.45, 2.75) is 13.8 Å². The van der Waals surface area contributed by atoms with Crippen LogP contribution in [0.1, 0.15) is 21.7 Å². The highest BCUT2D eigenvalue weighted by Gasteiger charge is 2.20. The third-order valence-electron chi connectivity index (χ3n) is 4.63. The zero-order valence-corrected chi connectivity index (χ0v) is 18.7. The minimum Gasteiger partial charge on any atom is -0.318 e. The number of benzene rings is 3. The van der Waals surface area contributed by atoms with Crippen LogP contribution in [0.2, 0.25) is 5.02 Å². The highest BCUT2D eigenvalue weighted by molar-refractivity contribution is 9.10.